The van der Waals surface area contributed by atoms with E-state index in [1.165, 1.54) is 0 Å². The van der Waals surface area contributed by atoms with E-state index in [1.807, 2.05) is 31.8 Å². The second-order valence-electron chi connectivity index (χ2n) is 6.87. The number of benzene rings is 1. The topological polar surface area (TPSA) is 42.0 Å². The number of hydrogen-bond acceptors (Lipinski definition) is 4. The molecule has 2 fully saturated rings. The Kier molecular flexibility index (Phi) is 5.66. The highest BCUT2D eigenvalue weighted by atomic mass is 31.2. The van der Waals surface area contributed by atoms with Crippen molar-refractivity contribution in [2.75, 3.05) is 53.2 Å². The SMILES string of the molecule is COc1cc(P(C)(=O)N2CCC(N3CCOCC3)CC2)ccc1C. The third-order valence-electron chi connectivity index (χ3n) is 5.41. The molecule has 2 aliphatic rings. The van der Waals surface area contributed by atoms with Gasteiger partial charge in [0.1, 0.15) is 5.75 Å². The predicted octanol–water partition coefficient (Wildman–Crippen LogP) is 2.33. The molecule has 2 heterocycles. The van der Waals surface area contributed by atoms with Gasteiger partial charge in [0.25, 0.3) is 0 Å². The van der Waals surface area contributed by atoms with Crippen LogP contribution < -0.4 is 10.0 Å². The Balaban J connectivity index is 1.67. The summed E-state index contributed by atoms with van der Waals surface area (Å²) in [7, 11) is -0.870. The van der Waals surface area contributed by atoms with E-state index in [9.17, 15) is 4.57 Å². The van der Waals surface area contributed by atoms with E-state index in [0.29, 0.717) is 6.04 Å². The van der Waals surface area contributed by atoms with Gasteiger partial charge in [0.15, 0.2) is 7.29 Å². The van der Waals surface area contributed by atoms with Gasteiger partial charge in [0.05, 0.1) is 20.3 Å². The summed E-state index contributed by atoms with van der Waals surface area (Å²) in [5.74, 6) is 0.817. The van der Waals surface area contributed by atoms with Gasteiger partial charge in [-0.15, -0.1) is 0 Å². The minimum absolute atomic E-state index is 0.609. The third-order valence-corrected chi connectivity index (χ3v) is 8.13. The summed E-state index contributed by atoms with van der Waals surface area (Å²) in [6.45, 7) is 9.44. The van der Waals surface area contributed by atoms with Crippen molar-refractivity contribution in [2.24, 2.45) is 0 Å². The van der Waals surface area contributed by atoms with Crippen LogP contribution in [0.2, 0.25) is 0 Å². The van der Waals surface area contributed by atoms with Crippen molar-refractivity contribution >= 4 is 12.6 Å². The van der Waals surface area contributed by atoms with Gasteiger partial charge < -0.3 is 14.0 Å². The fraction of sp³-hybridized carbons (Fsp3) is 0.667. The molecule has 0 amide bonds. The Hall–Kier alpha value is -0.870. The summed E-state index contributed by atoms with van der Waals surface area (Å²) in [6, 6.07) is 6.56. The number of methoxy groups -OCH3 is 1. The molecule has 0 N–H and O–H groups in total. The molecule has 24 heavy (non-hydrogen) atoms. The molecule has 3 rings (SSSR count). The molecule has 1 aromatic rings. The lowest BCUT2D eigenvalue weighted by molar-refractivity contribution is 0.00607. The van der Waals surface area contributed by atoms with Gasteiger partial charge >= 0.3 is 0 Å². The molecule has 1 atom stereocenters. The molecule has 6 heteroatoms. The molecule has 0 bridgehead atoms. The zero-order valence-electron chi connectivity index (χ0n) is 15.0. The van der Waals surface area contributed by atoms with Crippen LogP contribution in [0.5, 0.6) is 5.75 Å². The number of morpholine rings is 1. The molecule has 0 spiro atoms. The molecule has 1 aromatic carbocycles. The van der Waals surface area contributed by atoms with Crippen LogP contribution in [-0.2, 0) is 9.30 Å². The lowest BCUT2D eigenvalue weighted by atomic mass is 10.0. The Labute approximate surface area is 145 Å². The van der Waals surface area contributed by atoms with Crippen LogP contribution >= 0.6 is 7.29 Å². The van der Waals surface area contributed by atoms with E-state index in [-0.39, 0.29) is 0 Å². The average Bonchev–Trinajstić information content (AvgIpc) is 2.63. The highest BCUT2D eigenvalue weighted by molar-refractivity contribution is 7.68. The predicted molar refractivity (Wildman–Crippen MR) is 97.9 cm³/mol. The number of rotatable bonds is 4. The Morgan fingerprint density at radius 1 is 1.17 bits per heavy atom. The second-order valence-corrected chi connectivity index (χ2v) is 9.71. The van der Waals surface area contributed by atoms with Crippen LogP contribution in [0.25, 0.3) is 0 Å². The fourth-order valence-corrected chi connectivity index (χ4v) is 5.80. The smallest absolute Gasteiger partial charge is 0.175 e. The minimum Gasteiger partial charge on any atom is -0.496 e. The molecule has 0 saturated carbocycles. The van der Waals surface area contributed by atoms with E-state index in [2.05, 4.69) is 9.57 Å². The summed E-state index contributed by atoms with van der Waals surface area (Å²) in [5, 5.41) is 0.898. The van der Waals surface area contributed by atoms with Crippen LogP contribution in [0.15, 0.2) is 18.2 Å². The molecule has 2 aliphatic heterocycles. The van der Waals surface area contributed by atoms with Gasteiger partial charge in [-0.3, -0.25) is 4.90 Å². The number of aryl methyl sites for hydroxylation is 1. The van der Waals surface area contributed by atoms with E-state index in [4.69, 9.17) is 9.47 Å². The zero-order chi connectivity index (χ0) is 17.2. The van der Waals surface area contributed by atoms with Crippen molar-refractivity contribution in [3.05, 3.63) is 23.8 Å². The summed E-state index contributed by atoms with van der Waals surface area (Å²) in [4.78, 5) is 2.54. The van der Waals surface area contributed by atoms with Crippen LogP contribution in [0.1, 0.15) is 18.4 Å². The lowest BCUT2D eigenvalue weighted by Gasteiger charge is -2.41. The first-order valence-corrected chi connectivity index (χ1v) is 10.9. The summed E-state index contributed by atoms with van der Waals surface area (Å²) in [5.41, 5.74) is 1.08. The van der Waals surface area contributed by atoms with Crippen molar-refractivity contribution in [1.29, 1.82) is 0 Å². The van der Waals surface area contributed by atoms with Crippen LogP contribution in [0.3, 0.4) is 0 Å². The summed E-state index contributed by atoms with van der Waals surface area (Å²) < 4.78 is 26.5. The molecule has 1 unspecified atom stereocenters. The van der Waals surface area contributed by atoms with Gasteiger partial charge in [-0.1, -0.05) is 6.07 Å². The standard InChI is InChI=1S/C18H29N2O3P/c1-15-4-5-17(14-18(15)22-2)24(3,21)20-8-6-16(7-9-20)19-10-12-23-13-11-19/h4-5,14,16H,6-13H2,1-3H3. The number of nitrogens with zero attached hydrogens (tertiary/aromatic N) is 2. The van der Waals surface area contributed by atoms with Crippen molar-refractivity contribution in [2.45, 2.75) is 25.8 Å². The highest BCUT2D eigenvalue weighted by Crippen LogP contribution is 2.47. The largest absolute Gasteiger partial charge is 0.496 e. The maximum absolute atomic E-state index is 13.5. The van der Waals surface area contributed by atoms with Crippen LogP contribution in [0, 0.1) is 6.92 Å². The molecule has 134 valence electrons. The van der Waals surface area contributed by atoms with Gasteiger partial charge in [-0.25, -0.2) is 4.67 Å². The third kappa shape index (κ3) is 3.70. The quantitative estimate of drug-likeness (QED) is 0.778. The van der Waals surface area contributed by atoms with Crippen molar-refractivity contribution < 1.29 is 14.0 Å². The monoisotopic (exact) mass is 352 g/mol. The Bertz CT molecular complexity index is 608. The summed E-state index contributed by atoms with van der Waals surface area (Å²) >= 11 is 0. The van der Waals surface area contributed by atoms with E-state index in [0.717, 1.165) is 68.9 Å². The fourth-order valence-electron chi connectivity index (χ4n) is 3.77. The van der Waals surface area contributed by atoms with Crippen LogP contribution in [0.4, 0.5) is 0 Å². The van der Waals surface area contributed by atoms with Gasteiger partial charge in [0.2, 0.25) is 0 Å². The molecule has 0 aliphatic carbocycles. The normalized spacial score (nSPS) is 23.8. The number of hydrogen-bond donors (Lipinski definition) is 0. The van der Waals surface area contributed by atoms with E-state index >= 15 is 0 Å². The first-order chi connectivity index (χ1) is 11.5. The molecule has 0 aromatic heterocycles. The molecule has 2 saturated heterocycles. The minimum atomic E-state index is -2.54. The van der Waals surface area contributed by atoms with Crippen molar-refractivity contribution in [3.8, 4) is 5.75 Å². The summed E-state index contributed by atoms with van der Waals surface area (Å²) in [6.07, 6.45) is 2.17. The first kappa shape index (κ1) is 17.9. The molecular weight excluding hydrogens is 323 g/mol. The maximum Gasteiger partial charge on any atom is 0.175 e. The van der Waals surface area contributed by atoms with Gasteiger partial charge in [-0.05, 0) is 37.5 Å². The van der Waals surface area contributed by atoms with Gasteiger partial charge in [0, 0.05) is 44.2 Å². The molecular formula is C18H29N2O3P. The van der Waals surface area contributed by atoms with E-state index in [1.54, 1.807) is 7.11 Å². The molecule has 5 nitrogen and oxygen atoms in total. The van der Waals surface area contributed by atoms with Crippen molar-refractivity contribution in [1.82, 2.24) is 9.57 Å². The first-order valence-electron chi connectivity index (χ1n) is 8.82. The average molecular weight is 352 g/mol. The lowest BCUT2D eigenvalue weighted by Crippen LogP contribution is -2.48. The molecule has 0 radical (unpaired) electrons. The maximum atomic E-state index is 13.5. The van der Waals surface area contributed by atoms with Crippen LogP contribution in [-0.4, -0.2) is 68.8 Å². The Morgan fingerprint density at radius 3 is 2.46 bits per heavy atom. The second kappa shape index (κ2) is 7.57. The Morgan fingerprint density at radius 2 is 1.83 bits per heavy atom. The number of piperidine rings is 1. The van der Waals surface area contributed by atoms with E-state index < -0.39 is 7.29 Å². The zero-order valence-corrected chi connectivity index (χ0v) is 15.9. The number of ether oxygens (including phenoxy) is 2. The highest BCUT2D eigenvalue weighted by Gasteiger charge is 2.33. The van der Waals surface area contributed by atoms with Gasteiger partial charge in [-0.2, -0.15) is 0 Å². The van der Waals surface area contributed by atoms with Crippen molar-refractivity contribution in [3.63, 3.8) is 0 Å².